The zero-order valence-corrected chi connectivity index (χ0v) is 15.2. The van der Waals surface area contributed by atoms with E-state index in [2.05, 4.69) is 5.32 Å². The van der Waals surface area contributed by atoms with E-state index in [-0.39, 0.29) is 5.69 Å². The van der Waals surface area contributed by atoms with Crippen LogP contribution in [0.3, 0.4) is 0 Å². The van der Waals surface area contributed by atoms with Crippen LogP contribution in [0.1, 0.15) is 19.4 Å². The summed E-state index contributed by atoms with van der Waals surface area (Å²) in [6.07, 6.45) is 1.86. The maximum atomic E-state index is 13.5. The average Bonchev–Trinajstić information content (AvgIpc) is 2.54. The molecule has 7 heteroatoms. The molecule has 0 bridgehead atoms. The standard InChI is InChI=1S/C18H21FN2O3S/c1-4-14-8-10-16(11-9-14)20-18(22)13(2)21(25(3,23)24)17-7-5-6-15(19)12-17/h5-13H,4H2,1-3H3,(H,20,22)/t13-/m1/s1. The molecular weight excluding hydrogens is 343 g/mol. The highest BCUT2D eigenvalue weighted by Crippen LogP contribution is 2.22. The topological polar surface area (TPSA) is 66.5 Å². The number of nitrogens with zero attached hydrogens (tertiary/aromatic N) is 1. The summed E-state index contributed by atoms with van der Waals surface area (Å²) in [7, 11) is -3.78. The van der Waals surface area contributed by atoms with Crippen molar-refractivity contribution in [1.29, 1.82) is 0 Å². The summed E-state index contributed by atoms with van der Waals surface area (Å²) >= 11 is 0. The summed E-state index contributed by atoms with van der Waals surface area (Å²) in [6, 6.07) is 11.4. The maximum Gasteiger partial charge on any atom is 0.247 e. The van der Waals surface area contributed by atoms with Gasteiger partial charge in [-0.15, -0.1) is 0 Å². The zero-order valence-electron chi connectivity index (χ0n) is 14.4. The van der Waals surface area contributed by atoms with Gasteiger partial charge in [-0.2, -0.15) is 0 Å². The number of anilines is 2. The smallest absolute Gasteiger partial charge is 0.247 e. The summed E-state index contributed by atoms with van der Waals surface area (Å²) in [5.74, 6) is -1.08. The van der Waals surface area contributed by atoms with Gasteiger partial charge in [0.1, 0.15) is 11.9 Å². The van der Waals surface area contributed by atoms with Crippen LogP contribution in [0, 0.1) is 5.82 Å². The van der Waals surface area contributed by atoms with E-state index < -0.39 is 27.8 Å². The molecule has 2 rings (SSSR count). The fraction of sp³-hybridized carbons (Fsp3) is 0.278. The van der Waals surface area contributed by atoms with Crippen molar-refractivity contribution in [2.45, 2.75) is 26.3 Å². The number of benzene rings is 2. The van der Waals surface area contributed by atoms with Crippen molar-refractivity contribution in [3.05, 3.63) is 59.9 Å². The Balaban J connectivity index is 2.26. The Kier molecular flexibility index (Phi) is 5.79. The summed E-state index contributed by atoms with van der Waals surface area (Å²) in [5.41, 5.74) is 1.80. The minimum atomic E-state index is -3.78. The third kappa shape index (κ3) is 4.79. The Labute approximate surface area is 147 Å². The normalized spacial score (nSPS) is 12.5. The minimum Gasteiger partial charge on any atom is -0.324 e. The lowest BCUT2D eigenvalue weighted by Gasteiger charge is -2.28. The van der Waals surface area contributed by atoms with Crippen LogP contribution >= 0.6 is 0 Å². The third-order valence-electron chi connectivity index (χ3n) is 3.78. The lowest BCUT2D eigenvalue weighted by atomic mass is 10.1. The fourth-order valence-electron chi connectivity index (χ4n) is 2.49. The molecule has 5 nitrogen and oxygen atoms in total. The Morgan fingerprint density at radius 2 is 1.84 bits per heavy atom. The molecule has 2 aromatic carbocycles. The SMILES string of the molecule is CCc1ccc(NC(=O)[C@@H](C)N(c2cccc(F)c2)S(C)(=O)=O)cc1. The molecule has 0 saturated heterocycles. The number of aryl methyl sites for hydroxylation is 1. The molecule has 0 radical (unpaired) electrons. The molecule has 0 saturated carbocycles. The summed E-state index contributed by atoms with van der Waals surface area (Å²) in [5, 5.41) is 2.69. The molecule has 0 spiro atoms. The second-order valence-corrected chi connectivity index (χ2v) is 7.61. The lowest BCUT2D eigenvalue weighted by Crippen LogP contribution is -2.45. The van der Waals surface area contributed by atoms with Crippen LogP contribution in [0.25, 0.3) is 0 Å². The highest BCUT2D eigenvalue weighted by Gasteiger charge is 2.29. The van der Waals surface area contributed by atoms with Crippen LogP contribution < -0.4 is 9.62 Å². The second-order valence-electron chi connectivity index (χ2n) is 5.75. The van der Waals surface area contributed by atoms with Gasteiger partial charge < -0.3 is 5.32 Å². The quantitative estimate of drug-likeness (QED) is 0.856. The molecule has 1 amide bonds. The molecule has 0 aliphatic rings. The van der Waals surface area contributed by atoms with Gasteiger partial charge in [0.2, 0.25) is 15.9 Å². The van der Waals surface area contributed by atoms with Crippen molar-refractivity contribution in [3.8, 4) is 0 Å². The Morgan fingerprint density at radius 3 is 2.36 bits per heavy atom. The van der Waals surface area contributed by atoms with Crippen molar-refractivity contribution in [2.24, 2.45) is 0 Å². The number of halogens is 1. The first-order chi connectivity index (χ1) is 11.7. The van der Waals surface area contributed by atoms with Gasteiger partial charge in [-0.25, -0.2) is 12.8 Å². The molecule has 0 aromatic heterocycles. The first-order valence-corrected chi connectivity index (χ1v) is 9.72. The van der Waals surface area contributed by atoms with Crippen molar-refractivity contribution in [1.82, 2.24) is 0 Å². The van der Waals surface area contributed by atoms with Crippen molar-refractivity contribution in [2.75, 3.05) is 15.9 Å². The van der Waals surface area contributed by atoms with Gasteiger partial charge in [0.25, 0.3) is 0 Å². The maximum absolute atomic E-state index is 13.5. The van der Waals surface area contributed by atoms with Gasteiger partial charge in [-0.05, 0) is 49.2 Å². The predicted octanol–water partition coefficient (Wildman–Crippen LogP) is 3.18. The number of carbonyl (C=O) groups excluding carboxylic acids is 1. The van der Waals surface area contributed by atoms with Crippen LogP contribution in [0.15, 0.2) is 48.5 Å². The molecule has 0 unspecified atom stereocenters. The van der Waals surface area contributed by atoms with Crippen LogP contribution in [0.4, 0.5) is 15.8 Å². The molecule has 134 valence electrons. The number of hydrogen-bond acceptors (Lipinski definition) is 3. The number of nitrogens with one attached hydrogen (secondary N) is 1. The van der Waals surface area contributed by atoms with Crippen LogP contribution in [0.2, 0.25) is 0 Å². The van der Waals surface area contributed by atoms with E-state index in [1.807, 2.05) is 19.1 Å². The molecule has 2 aromatic rings. The van der Waals surface area contributed by atoms with E-state index in [0.29, 0.717) is 5.69 Å². The first-order valence-electron chi connectivity index (χ1n) is 7.87. The summed E-state index contributed by atoms with van der Waals surface area (Å²) in [6.45, 7) is 3.49. The molecular formula is C18H21FN2O3S. The van der Waals surface area contributed by atoms with Crippen molar-refractivity contribution < 1.29 is 17.6 Å². The molecule has 0 aliphatic heterocycles. The Morgan fingerprint density at radius 1 is 1.20 bits per heavy atom. The van der Waals surface area contributed by atoms with Gasteiger partial charge in [-0.1, -0.05) is 25.1 Å². The average molecular weight is 364 g/mol. The van der Waals surface area contributed by atoms with Crippen LogP contribution in [0.5, 0.6) is 0 Å². The van der Waals surface area contributed by atoms with Gasteiger partial charge in [0.15, 0.2) is 0 Å². The third-order valence-corrected chi connectivity index (χ3v) is 5.02. The highest BCUT2D eigenvalue weighted by molar-refractivity contribution is 7.92. The largest absolute Gasteiger partial charge is 0.324 e. The van der Waals surface area contributed by atoms with E-state index in [9.17, 15) is 17.6 Å². The highest BCUT2D eigenvalue weighted by atomic mass is 32.2. The van der Waals surface area contributed by atoms with Gasteiger partial charge in [0, 0.05) is 5.69 Å². The fourth-order valence-corrected chi connectivity index (χ4v) is 3.66. The van der Waals surface area contributed by atoms with E-state index in [0.717, 1.165) is 28.6 Å². The van der Waals surface area contributed by atoms with E-state index in [1.54, 1.807) is 12.1 Å². The molecule has 0 fully saturated rings. The van der Waals surface area contributed by atoms with Crippen molar-refractivity contribution >= 4 is 27.3 Å². The molecule has 1 N–H and O–H groups in total. The Hall–Kier alpha value is -2.41. The number of hydrogen-bond donors (Lipinski definition) is 1. The number of amides is 1. The monoisotopic (exact) mass is 364 g/mol. The predicted molar refractivity (Wildman–Crippen MR) is 97.6 cm³/mol. The van der Waals surface area contributed by atoms with Crippen LogP contribution in [-0.2, 0) is 21.2 Å². The van der Waals surface area contributed by atoms with E-state index in [4.69, 9.17) is 0 Å². The van der Waals surface area contributed by atoms with E-state index >= 15 is 0 Å². The molecule has 25 heavy (non-hydrogen) atoms. The zero-order chi connectivity index (χ0) is 18.6. The van der Waals surface area contributed by atoms with E-state index in [1.165, 1.54) is 25.1 Å². The number of carbonyl (C=O) groups is 1. The van der Waals surface area contributed by atoms with Crippen molar-refractivity contribution in [3.63, 3.8) is 0 Å². The second kappa shape index (κ2) is 7.65. The molecule has 0 heterocycles. The molecule has 0 aliphatic carbocycles. The van der Waals surface area contributed by atoms with Crippen LogP contribution in [-0.4, -0.2) is 26.6 Å². The minimum absolute atomic E-state index is 0.103. The number of rotatable bonds is 6. The summed E-state index contributed by atoms with van der Waals surface area (Å²) in [4.78, 5) is 12.5. The first kappa shape index (κ1) is 18.9. The number of sulfonamides is 1. The van der Waals surface area contributed by atoms with Gasteiger partial charge in [0.05, 0.1) is 11.9 Å². The lowest BCUT2D eigenvalue weighted by molar-refractivity contribution is -0.116. The van der Waals surface area contributed by atoms with Gasteiger partial charge >= 0.3 is 0 Å². The molecule has 1 atom stereocenters. The summed E-state index contributed by atoms with van der Waals surface area (Å²) < 4.78 is 38.7. The Bertz CT molecular complexity index is 851. The van der Waals surface area contributed by atoms with Gasteiger partial charge in [-0.3, -0.25) is 9.10 Å².